The molecule has 0 aromatic heterocycles. The number of hydrogen-bond donors (Lipinski definition) is 1. The van der Waals surface area contributed by atoms with E-state index in [0.717, 1.165) is 38.9 Å². The van der Waals surface area contributed by atoms with Crippen LogP contribution in [0, 0.1) is 0 Å². The molecule has 1 rings (SSSR count). The molecule has 1 heterocycles. The first-order valence-corrected chi connectivity index (χ1v) is 7.71. The van der Waals surface area contributed by atoms with E-state index in [2.05, 4.69) is 17.1 Å². The summed E-state index contributed by atoms with van der Waals surface area (Å²) in [7, 11) is 1.70. The first-order valence-electron chi connectivity index (χ1n) is 7.71. The second-order valence-electron chi connectivity index (χ2n) is 5.57. The summed E-state index contributed by atoms with van der Waals surface area (Å²) >= 11 is 0. The summed E-state index contributed by atoms with van der Waals surface area (Å²) in [6.45, 7) is 7.06. The minimum Gasteiger partial charge on any atom is -0.382 e. The number of unbranched alkanes of at least 4 members (excludes halogenated alkanes) is 1. The van der Waals surface area contributed by atoms with Crippen molar-refractivity contribution < 1.29 is 9.53 Å². The fraction of sp³-hybridized carbons (Fsp3) is 0.933. The Bertz CT molecular complexity index is 253. The molecule has 0 bridgehead atoms. The van der Waals surface area contributed by atoms with Crippen molar-refractivity contribution in [3.05, 3.63) is 0 Å². The lowest BCUT2D eigenvalue weighted by atomic mass is 10.1. The van der Waals surface area contributed by atoms with Gasteiger partial charge >= 0.3 is 0 Å². The van der Waals surface area contributed by atoms with Crippen LogP contribution in [0.4, 0.5) is 0 Å². The second-order valence-corrected chi connectivity index (χ2v) is 5.57. The van der Waals surface area contributed by atoms with Gasteiger partial charge in [0, 0.05) is 32.7 Å². The maximum atomic E-state index is 12.3. The van der Waals surface area contributed by atoms with Gasteiger partial charge < -0.3 is 15.0 Å². The molecule has 2 unspecified atom stereocenters. The van der Waals surface area contributed by atoms with Gasteiger partial charge in [-0.25, -0.2) is 0 Å². The highest BCUT2D eigenvalue weighted by molar-refractivity contribution is 5.76. The number of amides is 1. The SMILES string of the molecule is CCCCN(CC1CCCN1)C(=O)CCC(C)OC. The molecule has 1 aliphatic rings. The molecule has 4 nitrogen and oxygen atoms in total. The molecule has 0 saturated carbocycles. The lowest BCUT2D eigenvalue weighted by Gasteiger charge is -2.26. The van der Waals surface area contributed by atoms with Crippen LogP contribution in [-0.2, 0) is 9.53 Å². The normalized spacial score (nSPS) is 20.5. The first-order chi connectivity index (χ1) is 9.17. The molecule has 0 spiro atoms. The van der Waals surface area contributed by atoms with E-state index >= 15 is 0 Å². The number of nitrogens with zero attached hydrogens (tertiary/aromatic N) is 1. The lowest BCUT2D eigenvalue weighted by molar-refractivity contribution is -0.132. The molecule has 1 N–H and O–H groups in total. The predicted molar refractivity (Wildman–Crippen MR) is 78.2 cm³/mol. The maximum Gasteiger partial charge on any atom is 0.222 e. The molecule has 1 aliphatic heterocycles. The van der Waals surface area contributed by atoms with E-state index < -0.39 is 0 Å². The van der Waals surface area contributed by atoms with Gasteiger partial charge in [0.1, 0.15) is 0 Å². The van der Waals surface area contributed by atoms with Gasteiger partial charge in [0.2, 0.25) is 5.91 Å². The summed E-state index contributed by atoms with van der Waals surface area (Å²) in [5.74, 6) is 0.283. The molecular weight excluding hydrogens is 240 g/mol. The van der Waals surface area contributed by atoms with Crippen LogP contribution in [-0.4, -0.2) is 49.7 Å². The monoisotopic (exact) mass is 270 g/mol. The lowest BCUT2D eigenvalue weighted by Crippen LogP contribution is -2.41. The highest BCUT2D eigenvalue weighted by atomic mass is 16.5. The van der Waals surface area contributed by atoms with Crippen LogP contribution in [0.15, 0.2) is 0 Å². The highest BCUT2D eigenvalue weighted by Gasteiger charge is 2.21. The van der Waals surface area contributed by atoms with E-state index in [1.54, 1.807) is 7.11 Å². The summed E-state index contributed by atoms with van der Waals surface area (Å²) < 4.78 is 5.21. The number of ether oxygens (including phenoxy) is 1. The summed E-state index contributed by atoms with van der Waals surface area (Å²) in [6, 6.07) is 0.501. The van der Waals surface area contributed by atoms with Gasteiger partial charge in [-0.2, -0.15) is 0 Å². The van der Waals surface area contributed by atoms with Gasteiger partial charge in [0.05, 0.1) is 6.10 Å². The first kappa shape index (κ1) is 16.4. The van der Waals surface area contributed by atoms with Crippen LogP contribution >= 0.6 is 0 Å². The Morgan fingerprint density at radius 1 is 1.53 bits per heavy atom. The van der Waals surface area contributed by atoms with Crippen LogP contribution < -0.4 is 5.32 Å². The highest BCUT2D eigenvalue weighted by Crippen LogP contribution is 2.11. The fourth-order valence-corrected chi connectivity index (χ4v) is 2.45. The van der Waals surface area contributed by atoms with Crippen molar-refractivity contribution in [2.24, 2.45) is 0 Å². The Kier molecular flexibility index (Phi) is 8.07. The van der Waals surface area contributed by atoms with E-state index in [-0.39, 0.29) is 12.0 Å². The molecule has 0 aromatic rings. The van der Waals surface area contributed by atoms with Crippen molar-refractivity contribution in [2.75, 3.05) is 26.7 Å². The third-order valence-corrected chi connectivity index (χ3v) is 3.90. The maximum absolute atomic E-state index is 12.3. The quantitative estimate of drug-likeness (QED) is 0.698. The largest absolute Gasteiger partial charge is 0.382 e. The molecule has 0 aliphatic carbocycles. The van der Waals surface area contributed by atoms with Crippen LogP contribution in [0.5, 0.6) is 0 Å². The van der Waals surface area contributed by atoms with Crippen molar-refractivity contribution >= 4 is 5.91 Å². The zero-order chi connectivity index (χ0) is 14.1. The number of carbonyl (C=O) groups is 1. The average Bonchev–Trinajstić information content (AvgIpc) is 2.93. The molecule has 1 fully saturated rings. The van der Waals surface area contributed by atoms with E-state index in [0.29, 0.717) is 12.5 Å². The molecular formula is C15H30N2O2. The number of hydrogen-bond acceptors (Lipinski definition) is 3. The Balaban J connectivity index is 2.39. The third kappa shape index (κ3) is 6.39. The standard InChI is InChI=1S/C15H30N2O2/c1-4-5-11-17(12-14-7-6-10-16-14)15(18)9-8-13(2)19-3/h13-14,16H,4-12H2,1-3H3. The topological polar surface area (TPSA) is 41.6 Å². The summed E-state index contributed by atoms with van der Waals surface area (Å²) in [4.78, 5) is 14.4. The molecule has 19 heavy (non-hydrogen) atoms. The summed E-state index contributed by atoms with van der Waals surface area (Å²) in [5, 5.41) is 3.48. The van der Waals surface area contributed by atoms with E-state index in [1.807, 2.05) is 6.92 Å². The summed E-state index contributed by atoms with van der Waals surface area (Å²) in [5.41, 5.74) is 0. The van der Waals surface area contributed by atoms with Gasteiger partial charge in [0.25, 0.3) is 0 Å². The predicted octanol–water partition coefficient (Wildman–Crippen LogP) is 2.18. The molecule has 112 valence electrons. The van der Waals surface area contributed by atoms with Crippen molar-refractivity contribution in [3.8, 4) is 0 Å². The van der Waals surface area contributed by atoms with Gasteiger partial charge in [-0.15, -0.1) is 0 Å². The summed E-state index contributed by atoms with van der Waals surface area (Å²) in [6.07, 6.45) is 6.25. The van der Waals surface area contributed by atoms with Crippen LogP contribution in [0.2, 0.25) is 0 Å². The van der Waals surface area contributed by atoms with Crippen molar-refractivity contribution in [1.29, 1.82) is 0 Å². The van der Waals surface area contributed by atoms with Gasteiger partial charge in [-0.1, -0.05) is 13.3 Å². The number of nitrogens with one attached hydrogen (secondary N) is 1. The third-order valence-electron chi connectivity index (χ3n) is 3.90. The average molecular weight is 270 g/mol. The minimum atomic E-state index is 0.168. The Morgan fingerprint density at radius 2 is 2.32 bits per heavy atom. The minimum absolute atomic E-state index is 0.168. The molecule has 1 amide bonds. The fourth-order valence-electron chi connectivity index (χ4n) is 2.45. The number of methoxy groups -OCH3 is 1. The molecule has 0 aromatic carbocycles. The van der Waals surface area contributed by atoms with Crippen molar-refractivity contribution in [3.63, 3.8) is 0 Å². The molecule has 4 heteroatoms. The van der Waals surface area contributed by atoms with Crippen LogP contribution in [0.1, 0.15) is 52.4 Å². The van der Waals surface area contributed by atoms with Crippen LogP contribution in [0.25, 0.3) is 0 Å². The Morgan fingerprint density at radius 3 is 2.89 bits per heavy atom. The molecule has 0 radical (unpaired) electrons. The molecule has 1 saturated heterocycles. The number of rotatable bonds is 9. The van der Waals surface area contributed by atoms with E-state index in [9.17, 15) is 4.79 Å². The van der Waals surface area contributed by atoms with E-state index in [1.165, 1.54) is 12.8 Å². The van der Waals surface area contributed by atoms with E-state index in [4.69, 9.17) is 4.74 Å². The molecule has 2 atom stereocenters. The van der Waals surface area contributed by atoms with Crippen LogP contribution in [0.3, 0.4) is 0 Å². The number of carbonyl (C=O) groups excluding carboxylic acids is 1. The van der Waals surface area contributed by atoms with Crippen molar-refractivity contribution in [2.45, 2.75) is 64.5 Å². The Labute approximate surface area is 117 Å². The Hall–Kier alpha value is -0.610. The van der Waals surface area contributed by atoms with Gasteiger partial charge in [-0.05, 0) is 39.2 Å². The van der Waals surface area contributed by atoms with Gasteiger partial charge in [0.15, 0.2) is 0 Å². The second kappa shape index (κ2) is 9.32. The zero-order valence-electron chi connectivity index (χ0n) is 12.8. The smallest absolute Gasteiger partial charge is 0.222 e. The van der Waals surface area contributed by atoms with Gasteiger partial charge in [-0.3, -0.25) is 4.79 Å². The van der Waals surface area contributed by atoms with Crippen molar-refractivity contribution in [1.82, 2.24) is 10.2 Å². The zero-order valence-corrected chi connectivity index (χ0v) is 12.8.